The summed E-state index contributed by atoms with van der Waals surface area (Å²) < 4.78 is 15.0. The largest absolute Gasteiger partial charge is 0.468 e. The lowest BCUT2D eigenvalue weighted by atomic mass is 9.80. The smallest absolute Gasteiger partial charge is 0.235 e. The van der Waals surface area contributed by atoms with Gasteiger partial charge < -0.3 is 13.8 Å². The van der Waals surface area contributed by atoms with Gasteiger partial charge >= 0.3 is 0 Å². The highest BCUT2D eigenvalue weighted by atomic mass is 16.5. The van der Waals surface area contributed by atoms with E-state index >= 15 is 0 Å². The summed E-state index contributed by atoms with van der Waals surface area (Å²) in [5.41, 5.74) is 3.53. The van der Waals surface area contributed by atoms with Gasteiger partial charge in [0, 0.05) is 30.6 Å². The Morgan fingerprint density at radius 1 is 1.09 bits per heavy atom. The van der Waals surface area contributed by atoms with Crippen molar-refractivity contribution in [2.45, 2.75) is 38.3 Å². The third-order valence-electron chi connectivity index (χ3n) is 5.93. The molecule has 9 heteroatoms. The molecule has 0 spiro atoms. The van der Waals surface area contributed by atoms with E-state index in [0.29, 0.717) is 35.6 Å². The molecule has 32 heavy (non-hydrogen) atoms. The van der Waals surface area contributed by atoms with E-state index in [1.54, 1.807) is 16.8 Å². The molecule has 5 aromatic rings. The summed E-state index contributed by atoms with van der Waals surface area (Å²) in [5, 5.41) is 17.3. The van der Waals surface area contributed by atoms with E-state index in [1.165, 1.54) is 18.2 Å². The maximum atomic E-state index is 6.25. The van der Waals surface area contributed by atoms with Gasteiger partial charge in [0.2, 0.25) is 11.7 Å². The molecule has 0 amide bonds. The van der Waals surface area contributed by atoms with E-state index in [4.69, 9.17) is 14.4 Å². The van der Waals surface area contributed by atoms with Crippen LogP contribution in [-0.4, -0.2) is 34.5 Å². The first kappa shape index (κ1) is 18.7. The molecule has 4 aromatic heterocycles. The summed E-state index contributed by atoms with van der Waals surface area (Å²) in [6.07, 6.45) is 8.74. The van der Waals surface area contributed by atoms with Crippen molar-refractivity contribution in [1.82, 2.24) is 34.5 Å². The standard InChI is InChI=1S/C23H21N7O2/c1-2-5-16(6-3-1)14-29-11-10-24-21(29)15-31-23-18(17-7-4-8-17)13-20-25-26-22(30(20)27-23)19-9-12-32-28-19/h1-3,5-6,9-13,17H,4,7-8,14-15H2. The van der Waals surface area contributed by atoms with Crippen LogP contribution in [0.1, 0.15) is 42.1 Å². The van der Waals surface area contributed by atoms with Crippen LogP contribution in [0.5, 0.6) is 5.88 Å². The molecule has 0 aliphatic heterocycles. The molecule has 1 aromatic carbocycles. The number of hydrogen-bond donors (Lipinski definition) is 0. The first-order chi connectivity index (χ1) is 15.8. The van der Waals surface area contributed by atoms with Crippen molar-refractivity contribution in [2.24, 2.45) is 0 Å². The van der Waals surface area contributed by atoms with Crippen LogP contribution in [-0.2, 0) is 13.2 Å². The minimum atomic E-state index is 0.319. The number of imidazole rings is 1. The van der Waals surface area contributed by atoms with E-state index < -0.39 is 0 Å². The Bertz CT molecular complexity index is 1340. The first-order valence-electron chi connectivity index (χ1n) is 10.7. The molecule has 0 N–H and O–H groups in total. The molecule has 6 rings (SSSR count). The predicted octanol–water partition coefficient (Wildman–Crippen LogP) is 3.87. The molecule has 0 atom stereocenters. The molecule has 0 unspecified atom stereocenters. The topological polar surface area (TPSA) is 96.2 Å². The highest BCUT2D eigenvalue weighted by Crippen LogP contribution is 2.40. The van der Waals surface area contributed by atoms with Crippen molar-refractivity contribution >= 4 is 5.65 Å². The number of hydrogen-bond acceptors (Lipinski definition) is 7. The Labute approximate surface area is 183 Å². The molecule has 4 heterocycles. The SMILES string of the molecule is c1ccc(Cn2ccnc2COc2nn3c(-c4ccon4)nnc3cc2C2CCC2)cc1. The van der Waals surface area contributed by atoms with Gasteiger partial charge in [0.05, 0.1) is 0 Å². The normalized spacial score (nSPS) is 14.0. The summed E-state index contributed by atoms with van der Waals surface area (Å²) in [5.74, 6) is 2.37. The average molecular weight is 427 g/mol. The van der Waals surface area contributed by atoms with E-state index in [-0.39, 0.29) is 0 Å². The van der Waals surface area contributed by atoms with Crippen LogP contribution in [0.15, 0.2) is 65.6 Å². The van der Waals surface area contributed by atoms with E-state index in [1.807, 2.05) is 30.5 Å². The Morgan fingerprint density at radius 3 is 2.78 bits per heavy atom. The van der Waals surface area contributed by atoms with Crippen LogP contribution < -0.4 is 4.74 Å². The van der Waals surface area contributed by atoms with Gasteiger partial charge in [-0.3, -0.25) is 0 Å². The van der Waals surface area contributed by atoms with Crippen molar-refractivity contribution in [3.8, 4) is 17.4 Å². The second kappa shape index (κ2) is 7.92. The van der Waals surface area contributed by atoms with E-state index in [9.17, 15) is 0 Å². The highest BCUT2D eigenvalue weighted by molar-refractivity contribution is 5.55. The van der Waals surface area contributed by atoms with Gasteiger partial charge in [-0.25, -0.2) is 4.98 Å². The molecule has 0 bridgehead atoms. The number of aromatic nitrogens is 7. The molecule has 9 nitrogen and oxygen atoms in total. The van der Waals surface area contributed by atoms with Gasteiger partial charge in [-0.2, -0.15) is 4.52 Å². The van der Waals surface area contributed by atoms with Crippen LogP contribution >= 0.6 is 0 Å². The fourth-order valence-electron chi connectivity index (χ4n) is 3.98. The monoisotopic (exact) mass is 427 g/mol. The zero-order valence-corrected chi connectivity index (χ0v) is 17.3. The zero-order chi connectivity index (χ0) is 21.3. The number of rotatable bonds is 7. The van der Waals surface area contributed by atoms with Crippen molar-refractivity contribution < 1.29 is 9.26 Å². The summed E-state index contributed by atoms with van der Waals surface area (Å²) in [6.45, 7) is 1.06. The third-order valence-corrected chi connectivity index (χ3v) is 5.93. The second-order valence-electron chi connectivity index (χ2n) is 7.96. The van der Waals surface area contributed by atoms with Gasteiger partial charge in [-0.15, -0.1) is 15.3 Å². The van der Waals surface area contributed by atoms with Crippen molar-refractivity contribution in [1.29, 1.82) is 0 Å². The molecule has 1 aliphatic rings. The lowest BCUT2D eigenvalue weighted by Crippen LogP contribution is -2.15. The molecular formula is C23H21N7O2. The number of benzene rings is 1. The molecule has 1 aliphatic carbocycles. The molecule has 160 valence electrons. The fourth-order valence-corrected chi connectivity index (χ4v) is 3.98. The highest BCUT2D eigenvalue weighted by Gasteiger charge is 2.26. The zero-order valence-electron chi connectivity index (χ0n) is 17.3. The van der Waals surface area contributed by atoms with Crippen molar-refractivity contribution in [3.05, 3.63) is 78.1 Å². The van der Waals surface area contributed by atoms with Crippen molar-refractivity contribution in [3.63, 3.8) is 0 Å². The molecule has 0 saturated heterocycles. The van der Waals surface area contributed by atoms with Crippen LogP contribution in [0.4, 0.5) is 0 Å². The molecule has 0 radical (unpaired) electrons. The molecular weight excluding hydrogens is 406 g/mol. The summed E-state index contributed by atoms with van der Waals surface area (Å²) in [4.78, 5) is 4.50. The lowest BCUT2D eigenvalue weighted by molar-refractivity contribution is 0.264. The summed E-state index contributed by atoms with van der Waals surface area (Å²) >= 11 is 0. The van der Waals surface area contributed by atoms with E-state index in [2.05, 4.69) is 37.0 Å². The Balaban J connectivity index is 1.31. The van der Waals surface area contributed by atoms with Gasteiger partial charge in [-0.1, -0.05) is 41.9 Å². The molecule has 1 fully saturated rings. The minimum absolute atomic E-state index is 0.319. The summed E-state index contributed by atoms with van der Waals surface area (Å²) in [7, 11) is 0. The number of fused-ring (bicyclic) bond motifs is 1. The Hall–Kier alpha value is -4.01. The van der Waals surface area contributed by atoms with Gasteiger partial charge in [0.1, 0.15) is 18.7 Å². The summed E-state index contributed by atoms with van der Waals surface area (Å²) in [6, 6.07) is 14.1. The third kappa shape index (κ3) is 3.41. The van der Waals surface area contributed by atoms with E-state index in [0.717, 1.165) is 30.8 Å². The maximum Gasteiger partial charge on any atom is 0.235 e. The van der Waals surface area contributed by atoms with Crippen LogP contribution in [0.2, 0.25) is 0 Å². The van der Waals surface area contributed by atoms with Crippen LogP contribution in [0.25, 0.3) is 17.2 Å². The average Bonchev–Trinajstić information content (AvgIpc) is 3.52. The maximum absolute atomic E-state index is 6.25. The lowest BCUT2D eigenvalue weighted by Gasteiger charge is -2.26. The quantitative estimate of drug-likeness (QED) is 0.389. The van der Waals surface area contributed by atoms with Gasteiger partial charge in [-0.05, 0) is 30.4 Å². The molecule has 1 saturated carbocycles. The first-order valence-corrected chi connectivity index (χ1v) is 10.7. The minimum Gasteiger partial charge on any atom is -0.468 e. The Morgan fingerprint density at radius 2 is 2.00 bits per heavy atom. The Kier molecular flexibility index (Phi) is 4.63. The number of ether oxygens (including phenoxy) is 1. The van der Waals surface area contributed by atoms with Gasteiger partial charge in [0.15, 0.2) is 11.3 Å². The fraction of sp³-hybridized carbons (Fsp3) is 0.261. The second-order valence-corrected chi connectivity index (χ2v) is 7.96. The van der Waals surface area contributed by atoms with Crippen LogP contribution in [0.3, 0.4) is 0 Å². The van der Waals surface area contributed by atoms with Crippen molar-refractivity contribution in [2.75, 3.05) is 0 Å². The van der Waals surface area contributed by atoms with Crippen LogP contribution in [0, 0.1) is 0 Å². The predicted molar refractivity (Wildman–Crippen MR) is 115 cm³/mol. The van der Waals surface area contributed by atoms with Gasteiger partial charge in [0.25, 0.3) is 0 Å². The number of nitrogens with zero attached hydrogens (tertiary/aromatic N) is 7.